The molecule has 0 heterocycles. The molecule has 13 heavy (non-hydrogen) atoms. The summed E-state index contributed by atoms with van der Waals surface area (Å²) in [6.45, 7) is 2.06. The van der Waals surface area contributed by atoms with Crippen LogP contribution >= 0.6 is 0 Å². The normalized spacial score (nSPS) is 21.2. The van der Waals surface area contributed by atoms with E-state index in [1.165, 1.54) is 16.7 Å². The summed E-state index contributed by atoms with van der Waals surface area (Å²) in [5.74, 6) is 0. The molecule has 0 fully saturated rings. The number of hydrogen-bond donors (Lipinski definition) is 2. The van der Waals surface area contributed by atoms with Crippen molar-refractivity contribution in [2.45, 2.75) is 32.2 Å². The minimum Gasteiger partial charge on any atom is -0.398 e. The summed E-state index contributed by atoms with van der Waals surface area (Å²) in [6, 6.07) is 4.58. The lowest BCUT2D eigenvalue weighted by molar-refractivity contribution is 0.577. The van der Waals surface area contributed by atoms with Gasteiger partial charge in [-0.1, -0.05) is 12.1 Å². The highest BCUT2D eigenvalue weighted by Gasteiger charge is 2.17. The molecule has 1 aliphatic carbocycles. The summed E-state index contributed by atoms with van der Waals surface area (Å²) >= 11 is 0. The lowest BCUT2D eigenvalue weighted by Crippen LogP contribution is -2.28. The topological polar surface area (TPSA) is 52.0 Å². The second kappa shape index (κ2) is 3.04. The van der Waals surface area contributed by atoms with E-state index in [9.17, 15) is 0 Å². The molecule has 0 amide bonds. The lowest BCUT2D eigenvalue weighted by atomic mass is 9.86. The summed E-state index contributed by atoms with van der Waals surface area (Å²) in [7, 11) is 0. The highest BCUT2D eigenvalue weighted by Crippen LogP contribution is 2.27. The number of hydrogen-bond acceptors (Lipinski definition) is 2. The highest BCUT2D eigenvalue weighted by molar-refractivity contribution is 5.57. The van der Waals surface area contributed by atoms with Gasteiger partial charge in [-0.05, 0) is 42.9 Å². The number of nitrogen functional groups attached to an aromatic ring is 1. The fraction of sp³-hybridized carbons (Fsp3) is 0.455. The van der Waals surface area contributed by atoms with Crippen molar-refractivity contribution in [1.29, 1.82) is 0 Å². The van der Waals surface area contributed by atoms with Gasteiger partial charge in [-0.15, -0.1) is 0 Å². The van der Waals surface area contributed by atoms with Crippen LogP contribution in [-0.2, 0) is 12.8 Å². The van der Waals surface area contributed by atoms with E-state index in [1.807, 2.05) is 0 Å². The maximum atomic E-state index is 6.01. The molecule has 0 saturated carbocycles. The van der Waals surface area contributed by atoms with Crippen molar-refractivity contribution in [2.75, 3.05) is 5.73 Å². The van der Waals surface area contributed by atoms with Gasteiger partial charge in [0.25, 0.3) is 0 Å². The van der Waals surface area contributed by atoms with Crippen molar-refractivity contribution < 1.29 is 0 Å². The number of aryl methyl sites for hydroxylation is 1. The smallest absolute Gasteiger partial charge is 0.0379 e. The van der Waals surface area contributed by atoms with Crippen LogP contribution in [0.15, 0.2) is 12.1 Å². The summed E-state index contributed by atoms with van der Waals surface area (Å²) in [6.07, 6.45) is 3.10. The van der Waals surface area contributed by atoms with Crippen molar-refractivity contribution in [2.24, 2.45) is 5.73 Å². The SMILES string of the molecule is Cc1ccc2c(c1N)CC[C@@H](N)C2. The third-order valence-electron chi connectivity index (χ3n) is 2.92. The van der Waals surface area contributed by atoms with Gasteiger partial charge in [0.15, 0.2) is 0 Å². The predicted octanol–water partition coefficient (Wildman–Crippen LogP) is 1.39. The average molecular weight is 176 g/mol. The van der Waals surface area contributed by atoms with Crippen LogP contribution in [0, 0.1) is 6.92 Å². The summed E-state index contributed by atoms with van der Waals surface area (Å²) < 4.78 is 0. The number of fused-ring (bicyclic) bond motifs is 1. The third-order valence-corrected chi connectivity index (χ3v) is 2.92. The van der Waals surface area contributed by atoms with E-state index in [0.717, 1.165) is 24.9 Å². The largest absolute Gasteiger partial charge is 0.398 e. The van der Waals surface area contributed by atoms with Crippen LogP contribution in [0.1, 0.15) is 23.1 Å². The second-order valence-electron chi connectivity index (χ2n) is 3.94. The van der Waals surface area contributed by atoms with Crippen molar-refractivity contribution >= 4 is 5.69 Å². The van der Waals surface area contributed by atoms with Crippen LogP contribution in [0.5, 0.6) is 0 Å². The van der Waals surface area contributed by atoms with Crippen molar-refractivity contribution in [3.8, 4) is 0 Å². The quantitative estimate of drug-likeness (QED) is 0.587. The summed E-state index contributed by atoms with van der Waals surface area (Å²) in [5, 5.41) is 0. The molecule has 70 valence electrons. The molecule has 0 bridgehead atoms. The van der Waals surface area contributed by atoms with Crippen LogP contribution in [-0.4, -0.2) is 6.04 Å². The van der Waals surface area contributed by atoms with Gasteiger partial charge in [-0.3, -0.25) is 0 Å². The Labute approximate surface area is 78.9 Å². The first kappa shape index (κ1) is 8.57. The molecule has 2 nitrogen and oxygen atoms in total. The van der Waals surface area contributed by atoms with E-state index < -0.39 is 0 Å². The zero-order valence-corrected chi connectivity index (χ0v) is 8.01. The Morgan fingerprint density at radius 3 is 2.92 bits per heavy atom. The number of anilines is 1. The van der Waals surface area contributed by atoms with Crippen molar-refractivity contribution in [3.05, 3.63) is 28.8 Å². The van der Waals surface area contributed by atoms with E-state index >= 15 is 0 Å². The van der Waals surface area contributed by atoms with E-state index in [-0.39, 0.29) is 0 Å². The minimum absolute atomic E-state index is 0.328. The average Bonchev–Trinajstić information content (AvgIpc) is 2.12. The van der Waals surface area contributed by atoms with Crippen LogP contribution < -0.4 is 11.5 Å². The molecule has 0 radical (unpaired) electrons. The van der Waals surface area contributed by atoms with Gasteiger partial charge >= 0.3 is 0 Å². The molecule has 2 rings (SSSR count). The van der Waals surface area contributed by atoms with Gasteiger partial charge in [0, 0.05) is 11.7 Å². The maximum Gasteiger partial charge on any atom is 0.0379 e. The molecule has 1 aromatic carbocycles. The predicted molar refractivity (Wildman–Crippen MR) is 55.6 cm³/mol. The Kier molecular flexibility index (Phi) is 2.00. The molecular weight excluding hydrogens is 160 g/mol. The van der Waals surface area contributed by atoms with Crippen molar-refractivity contribution in [3.63, 3.8) is 0 Å². The van der Waals surface area contributed by atoms with Crippen LogP contribution in [0.25, 0.3) is 0 Å². The first-order chi connectivity index (χ1) is 6.18. The fourth-order valence-electron chi connectivity index (χ4n) is 2.03. The Balaban J connectivity index is 2.47. The van der Waals surface area contributed by atoms with Crippen molar-refractivity contribution in [1.82, 2.24) is 0 Å². The van der Waals surface area contributed by atoms with E-state index in [0.29, 0.717) is 6.04 Å². The zero-order valence-electron chi connectivity index (χ0n) is 8.01. The van der Waals surface area contributed by atoms with Gasteiger partial charge < -0.3 is 11.5 Å². The van der Waals surface area contributed by atoms with Crippen LogP contribution in [0.4, 0.5) is 5.69 Å². The van der Waals surface area contributed by atoms with Gasteiger partial charge in [0.05, 0.1) is 0 Å². The monoisotopic (exact) mass is 176 g/mol. The molecule has 0 saturated heterocycles. The van der Waals surface area contributed by atoms with Gasteiger partial charge in [-0.2, -0.15) is 0 Å². The Morgan fingerprint density at radius 1 is 1.38 bits per heavy atom. The molecule has 0 spiro atoms. The fourth-order valence-corrected chi connectivity index (χ4v) is 2.03. The van der Waals surface area contributed by atoms with Crippen LogP contribution in [0.3, 0.4) is 0 Å². The van der Waals surface area contributed by atoms with Gasteiger partial charge in [0.1, 0.15) is 0 Å². The molecule has 2 heteroatoms. The molecule has 1 atom stereocenters. The second-order valence-corrected chi connectivity index (χ2v) is 3.94. The molecule has 1 aromatic rings. The lowest BCUT2D eigenvalue weighted by Gasteiger charge is -2.23. The first-order valence-electron chi connectivity index (χ1n) is 4.81. The van der Waals surface area contributed by atoms with Gasteiger partial charge in [0.2, 0.25) is 0 Å². The molecule has 1 aliphatic rings. The van der Waals surface area contributed by atoms with Gasteiger partial charge in [-0.25, -0.2) is 0 Å². The highest BCUT2D eigenvalue weighted by atomic mass is 14.6. The molecule has 4 N–H and O–H groups in total. The summed E-state index contributed by atoms with van der Waals surface area (Å²) in [5.41, 5.74) is 16.8. The molecule has 0 aromatic heterocycles. The minimum atomic E-state index is 0.328. The Bertz CT molecular complexity index is 331. The van der Waals surface area contributed by atoms with E-state index in [4.69, 9.17) is 11.5 Å². The standard InChI is InChI=1S/C11H16N2/c1-7-2-3-8-6-9(12)4-5-10(8)11(7)13/h2-3,9H,4-6,12-13H2,1H3/t9-/m1/s1. The molecule has 0 aliphatic heterocycles. The maximum absolute atomic E-state index is 6.01. The Hall–Kier alpha value is -1.02. The summed E-state index contributed by atoms with van der Waals surface area (Å²) in [4.78, 5) is 0. The van der Waals surface area contributed by atoms with E-state index in [2.05, 4.69) is 19.1 Å². The zero-order chi connectivity index (χ0) is 9.42. The molecule has 0 unspecified atom stereocenters. The molecular formula is C11H16N2. The van der Waals surface area contributed by atoms with Crippen LogP contribution in [0.2, 0.25) is 0 Å². The first-order valence-corrected chi connectivity index (χ1v) is 4.81. The van der Waals surface area contributed by atoms with E-state index in [1.54, 1.807) is 0 Å². The third kappa shape index (κ3) is 1.42. The number of rotatable bonds is 0. The Morgan fingerprint density at radius 2 is 2.15 bits per heavy atom. The number of nitrogens with two attached hydrogens (primary N) is 2. The number of benzene rings is 1.